The molecule has 7 nitrogen and oxygen atoms in total. The first-order valence-electron chi connectivity index (χ1n) is 8.91. The zero-order valence-corrected chi connectivity index (χ0v) is 15.7. The molecule has 0 atom stereocenters. The summed E-state index contributed by atoms with van der Waals surface area (Å²) in [6, 6.07) is 11.4. The Hall–Kier alpha value is -3.82. The van der Waals surface area contributed by atoms with Crippen molar-refractivity contribution in [3.05, 3.63) is 60.6 Å². The standard InChI is InChI=1S/C20H16F3N5O2/c1-12-7-16(27-30-12)13-5-6-28-17(10-24-18(28)9-13)14-3-2-4-15(8-14)26-19(29)25-11-20(21,22)23/h2-10H,11H2,1H3,(H2,25,26,29). The molecular formula is C20H16F3N5O2. The van der Waals surface area contributed by atoms with E-state index in [-0.39, 0.29) is 0 Å². The number of alkyl halides is 3. The molecule has 3 aromatic heterocycles. The maximum atomic E-state index is 12.2. The molecule has 154 valence electrons. The number of hydrogen-bond donors (Lipinski definition) is 2. The third kappa shape index (κ3) is 4.27. The summed E-state index contributed by atoms with van der Waals surface area (Å²) >= 11 is 0. The van der Waals surface area contributed by atoms with Crippen LogP contribution in [0.25, 0.3) is 28.2 Å². The van der Waals surface area contributed by atoms with E-state index in [0.717, 1.165) is 16.8 Å². The van der Waals surface area contributed by atoms with Crippen LogP contribution in [-0.4, -0.2) is 33.3 Å². The molecule has 0 fully saturated rings. The summed E-state index contributed by atoms with van der Waals surface area (Å²) in [5.74, 6) is 0.706. The number of urea groups is 1. The second-order valence-corrected chi connectivity index (χ2v) is 6.61. The van der Waals surface area contributed by atoms with Gasteiger partial charge in [-0.3, -0.25) is 4.40 Å². The Morgan fingerprint density at radius 2 is 2.00 bits per heavy atom. The highest BCUT2D eigenvalue weighted by Crippen LogP contribution is 2.26. The Morgan fingerprint density at radius 1 is 1.17 bits per heavy atom. The van der Waals surface area contributed by atoms with Crippen molar-refractivity contribution in [3.8, 4) is 22.5 Å². The van der Waals surface area contributed by atoms with E-state index in [2.05, 4.69) is 15.5 Å². The van der Waals surface area contributed by atoms with Gasteiger partial charge in [-0.15, -0.1) is 0 Å². The minimum Gasteiger partial charge on any atom is -0.361 e. The van der Waals surface area contributed by atoms with Gasteiger partial charge in [0.2, 0.25) is 0 Å². The van der Waals surface area contributed by atoms with E-state index in [4.69, 9.17) is 4.52 Å². The molecule has 4 aromatic rings. The fraction of sp³-hybridized carbons (Fsp3) is 0.150. The number of benzene rings is 1. The average molecular weight is 415 g/mol. The normalized spacial score (nSPS) is 11.6. The minimum atomic E-state index is -4.47. The summed E-state index contributed by atoms with van der Waals surface area (Å²) < 4.78 is 43.7. The van der Waals surface area contributed by atoms with Crippen LogP contribution in [0.2, 0.25) is 0 Å². The lowest BCUT2D eigenvalue weighted by atomic mass is 10.1. The number of fused-ring (bicyclic) bond motifs is 1. The fourth-order valence-electron chi connectivity index (χ4n) is 2.97. The first-order valence-corrected chi connectivity index (χ1v) is 8.91. The van der Waals surface area contributed by atoms with Crippen LogP contribution in [0.4, 0.5) is 23.7 Å². The quantitative estimate of drug-likeness (QED) is 0.508. The van der Waals surface area contributed by atoms with E-state index >= 15 is 0 Å². The van der Waals surface area contributed by atoms with Gasteiger partial charge in [-0.05, 0) is 31.2 Å². The lowest BCUT2D eigenvalue weighted by molar-refractivity contribution is -0.122. The SMILES string of the molecule is Cc1cc(-c2ccn3c(-c4cccc(NC(=O)NCC(F)(F)F)c4)cnc3c2)no1. The summed E-state index contributed by atoms with van der Waals surface area (Å²) in [6.45, 7) is 0.409. The molecule has 4 rings (SSSR count). The lowest BCUT2D eigenvalue weighted by Gasteiger charge is -2.10. The van der Waals surface area contributed by atoms with E-state index in [1.807, 2.05) is 41.8 Å². The number of aromatic nitrogens is 3. The van der Waals surface area contributed by atoms with Crippen LogP contribution in [-0.2, 0) is 0 Å². The Balaban J connectivity index is 1.57. The lowest BCUT2D eigenvalue weighted by Crippen LogP contribution is -2.36. The van der Waals surface area contributed by atoms with Crippen molar-refractivity contribution in [1.82, 2.24) is 19.9 Å². The van der Waals surface area contributed by atoms with Crippen LogP contribution in [0.15, 0.2) is 59.4 Å². The molecule has 10 heteroatoms. The molecule has 1 aromatic carbocycles. The number of aryl methyl sites for hydroxylation is 1. The minimum absolute atomic E-state index is 0.358. The number of carbonyl (C=O) groups excluding carboxylic acids is 1. The Kier molecular flexibility index (Phi) is 4.90. The summed E-state index contributed by atoms with van der Waals surface area (Å²) in [5.41, 5.74) is 4.10. The molecule has 0 radical (unpaired) electrons. The van der Waals surface area contributed by atoms with E-state index in [1.165, 1.54) is 0 Å². The van der Waals surface area contributed by atoms with Gasteiger partial charge < -0.3 is 15.2 Å². The summed E-state index contributed by atoms with van der Waals surface area (Å²) in [6.07, 6.45) is -0.956. The van der Waals surface area contributed by atoms with Crippen LogP contribution in [0.3, 0.4) is 0 Å². The van der Waals surface area contributed by atoms with Gasteiger partial charge in [0, 0.05) is 29.1 Å². The molecule has 0 saturated heterocycles. The maximum absolute atomic E-state index is 12.2. The van der Waals surface area contributed by atoms with Crippen molar-refractivity contribution in [1.29, 1.82) is 0 Å². The molecule has 2 N–H and O–H groups in total. The number of hydrogen-bond acceptors (Lipinski definition) is 4. The van der Waals surface area contributed by atoms with Crippen molar-refractivity contribution in [2.75, 3.05) is 11.9 Å². The summed E-state index contributed by atoms with van der Waals surface area (Å²) in [7, 11) is 0. The third-order valence-electron chi connectivity index (χ3n) is 4.30. The van der Waals surface area contributed by atoms with Crippen molar-refractivity contribution >= 4 is 17.4 Å². The number of halogens is 3. The number of rotatable bonds is 4. The molecule has 0 aliphatic rings. The number of pyridine rings is 1. The predicted molar refractivity (Wildman–Crippen MR) is 104 cm³/mol. The van der Waals surface area contributed by atoms with Crippen LogP contribution in [0.5, 0.6) is 0 Å². The molecule has 0 aliphatic carbocycles. The first kappa shape index (κ1) is 19.5. The molecule has 0 unspecified atom stereocenters. The van der Waals surface area contributed by atoms with Gasteiger partial charge in [0.15, 0.2) is 0 Å². The molecule has 0 saturated carbocycles. The molecule has 3 heterocycles. The monoisotopic (exact) mass is 415 g/mol. The number of nitrogens with zero attached hydrogens (tertiary/aromatic N) is 3. The van der Waals surface area contributed by atoms with Gasteiger partial charge in [0.05, 0.1) is 11.9 Å². The number of anilines is 1. The third-order valence-corrected chi connectivity index (χ3v) is 4.30. The van der Waals surface area contributed by atoms with Crippen LogP contribution in [0, 0.1) is 6.92 Å². The molecule has 0 spiro atoms. The average Bonchev–Trinajstić information content (AvgIpc) is 3.32. The largest absolute Gasteiger partial charge is 0.405 e. The molecule has 0 bridgehead atoms. The number of imidazole rings is 1. The Morgan fingerprint density at radius 3 is 2.73 bits per heavy atom. The van der Waals surface area contributed by atoms with E-state index in [0.29, 0.717) is 22.8 Å². The van der Waals surface area contributed by atoms with Crippen LogP contribution < -0.4 is 10.6 Å². The van der Waals surface area contributed by atoms with Gasteiger partial charge in [-0.2, -0.15) is 13.2 Å². The zero-order chi connectivity index (χ0) is 21.3. The van der Waals surface area contributed by atoms with Crippen molar-refractivity contribution in [2.45, 2.75) is 13.1 Å². The van der Waals surface area contributed by atoms with Gasteiger partial charge in [-0.25, -0.2) is 9.78 Å². The second kappa shape index (κ2) is 7.54. The number of carbonyl (C=O) groups is 1. The van der Waals surface area contributed by atoms with Crippen LogP contribution in [0.1, 0.15) is 5.76 Å². The molecule has 2 amide bonds. The predicted octanol–water partition coefficient (Wildman–Crippen LogP) is 4.65. The maximum Gasteiger partial charge on any atom is 0.405 e. The fourth-order valence-corrected chi connectivity index (χ4v) is 2.97. The van der Waals surface area contributed by atoms with Crippen molar-refractivity contribution in [2.24, 2.45) is 0 Å². The highest BCUT2D eigenvalue weighted by atomic mass is 19.4. The Labute approximate surface area is 168 Å². The van der Waals surface area contributed by atoms with Gasteiger partial charge in [0.1, 0.15) is 23.6 Å². The molecule has 30 heavy (non-hydrogen) atoms. The van der Waals surface area contributed by atoms with E-state index < -0.39 is 18.8 Å². The number of nitrogens with one attached hydrogen (secondary N) is 2. The highest BCUT2D eigenvalue weighted by molar-refractivity contribution is 5.90. The topological polar surface area (TPSA) is 84.5 Å². The van der Waals surface area contributed by atoms with Crippen molar-refractivity contribution in [3.63, 3.8) is 0 Å². The van der Waals surface area contributed by atoms with Gasteiger partial charge >= 0.3 is 12.2 Å². The summed E-state index contributed by atoms with van der Waals surface area (Å²) in [4.78, 5) is 16.1. The molecular weight excluding hydrogens is 399 g/mol. The smallest absolute Gasteiger partial charge is 0.361 e. The van der Waals surface area contributed by atoms with E-state index in [9.17, 15) is 18.0 Å². The van der Waals surface area contributed by atoms with E-state index in [1.54, 1.807) is 29.7 Å². The van der Waals surface area contributed by atoms with Crippen LogP contribution >= 0.6 is 0 Å². The highest BCUT2D eigenvalue weighted by Gasteiger charge is 2.27. The van der Waals surface area contributed by atoms with Gasteiger partial charge in [0.25, 0.3) is 0 Å². The summed E-state index contributed by atoms with van der Waals surface area (Å²) in [5, 5.41) is 8.17. The number of amides is 2. The molecule has 0 aliphatic heterocycles. The Bertz CT molecular complexity index is 1210. The zero-order valence-electron chi connectivity index (χ0n) is 15.7. The van der Waals surface area contributed by atoms with Gasteiger partial charge in [-0.1, -0.05) is 17.3 Å². The second-order valence-electron chi connectivity index (χ2n) is 6.61. The van der Waals surface area contributed by atoms with Crippen molar-refractivity contribution < 1.29 is 22.5 Å². The first-order chi connectivity index (χ1) is 14.3.